The van der Waals surface area contributed by atoms with Crippen molar-refractivity contribution in [1.82, 2.24) is 25.0 Å². The van der Waals surface area contributed by atoms with Gasteiger partial charge in [-0.25, -0.2) is 4.98 Å². The molecule has 0 radical (unpaired) electrons. The number of carbonyl (C=O) groups is 1. The highest BCUT2D eigenvalue weighted by atomic mass is 16.5. The number of anilines is 2. The highest BCUT2D eigenvalue weighted by Crippen LogP contribution is 2.21. The largest absolute Gasteiger partial charge is 0.378 e. The van der Waals surface area contributed by atoms with Crippen molar-refractivity contribution < 1.29 is 9.53 Å². The number of hydrazone groups is 1. The molecule has 1 atom stereocenters. The van der Waals surface area contributed by atoms with E-state index in [-0.39, 0.29) is 11.9 Å². The Kier molecular flexibility index (Phi) is 6.18. The van der Waals surface area contributed by atoms with E-state index in [0.717, 1.165) is 25.1 Å². The molecule has 4 heterocycles. The Morgan fingerprint density at radius 2 is 2.15 bits per heavy atom. The molecule has 1 amide bonds. The van der Waals surface area contributed by atoms with Crippen LogP contribution >= 0.6 is 0 Å². The Morgan fingerprint density at radius 3 is 2.94 bits per heavy atom. The van der Waals surface area contributed by atoms with E-state index in [1.165, 1.54) is 5.56 Å². The summed E-state index contributed by atoms with van der Waals surface area (Å²) in [5.74, 6) is 1.09. The van der Waals surface area contributed by atoms with Crippen LogP contribution in [0.2, 0.25) is 0 Å². The molecule has 10 heteroatoms. The van der Waals surface area contributed by atoms with Crippen LogP contribution in [0.5, 0.6) is 0 Å². The van der Waals surface area contributed by atoms with Crippen molar-refractivity contribution in [3.05, 3.63) is 53.3 Å². The highest BCUT2D eigenvalue weighted by Gasteiger charge is 2.22. The second-order valence-electron chi connectivity index (χ2n) is 8.34. The molecule has 2 aliphatic rings. The molecule has 2 aliphatic heterocycles. The van der Waals surface area contributed by atoms with Crippen LogP contribution in [-0.4, -0.2) is 71.9 Å². The van der Waals surface area contributed by atoms with Crippen LogP contribution in [0.4, 0.5) is 11.8 Å². The molecule has 0 aliphatic carbocycles. The quantitative estimate of drug-likeness (QED) is 0.387. The van der Waals surface area contributed by atoms with Crippen molar-refractivity contribution >= 4 is 29.5 Å². The van der Waals surface area contributed by atoms with Gasteiger partial charge in [0.1, 0.15) is 11.3 Å². The van der Waals surface area contributed by atoms with Crippen LogP contribution < -0.4 is 21.0 Å². The molecule has 1 aromatic carbocycles. The Balaban J connectivity index is 1.43. The van der Waals surface area contributed by atoms with E-state index in [1.807, 2.05) is 29.5 Å². The van der Waals surface area contributed by atoms with Gasteiger partial charge in [0.05, 0.1) is 19.4 Å². The van der Waals surface area contributed by atoms with Crippen molar-refractivity contribution in [3.63, 3.8) is 0 Å². The lowest BCUT2D eigenvalue weighted by atomic mass is 10.2. The summed E-state index contributed by atoms with van der Waals surface area (Å²) in [6, 6.07) is 10.0. The number of aromatic nitrogens is 3. The first-order valence-electron chi connectivity index (χ1n) is 11.3. The molecule has 1 unspecified atom stereocenters. The smallest absolute Gasteiger partial charge is 0.271 e. The van der Waals surface area contributed by atoms with E-state index >= 15 is 0 Å². The van der Waals surface area contributed by atoms with Gasteiger partial charge >= 0.3 is 0 Å². The highest BCUT2D eigenvalue weighted by molar-refractivity contribution is 5.93. The van der Waals surface area contributed by atoms with Gasteiger partial charge in [-0.05, 0) is 25.5 Å². The second-order valence-corrected chi connectivity index (χ2v) is 8.34. The lowest BCUT2D eigenvalue weighted by molar-refractivity contribution is 0.0935. The number of ether oxygens (including phenoxy) is 1. The van der Waals surface area contributed by atoms with Gasteiger partial charge in [-0.1, -0.05) is 29.8 Å². The van der Waals surface area contributed by atoms with Crippen LogP contribution in [-0.2, 0) is 4.74 Å². The number of amides is 1. The number of hydrogen-bond acceptors (Lipinski definition) is 8. The maximum atomic E-state index is 12.8. The average Bonchev–Trinajstić information content (AvgIpc) is 3.49. The summed E-state index contributed by atoms with van der Waals surface area (Å²) in [4.78, 5) is 24.3. The number of benzene rings is 1. The number of nitrogens with zero attached hydrogens (tertiary/aromatic N) is 5. The molecule has 0 spiro atoms. The van der Waals surface area contributed by atoms with E-state index in [1.54, 1.807) is 18.5 Å². The first-order valence-corrected chi connectivity index (χ1v) is 11.3. The van der Waals surface area contributed by atoms with Crippen molar-refractivity contribution in [2.24, 2.45) is 5.10 Å². The van der Waals surface area contributed by atoms with Gasteiger partial charge in [-0.3, -0.25) is 14.6 Å². The molecule has 2 saturated heterocycles. The fourth-order valence-electron chi connectivity index (χ4n) is 4.09. The molecule has 3 aromatic rings. The molecule has 172 valence electrons. The molecule has 0 bridgehead atoms. The third kappa shape index (κ3) is 4.96. The van der Waals surface area contributed by atoms with Crippen molar-refractivity contribution in [2.45, 2.75) is 19.4 Å². The Morgan fingerprint density at radius 1 is 1.27 bits per heavy atom. The molecule has 2 fully saturated rings. The lowest BCUT2D eigenvalue weighted by Gasteiger charge is -2.28. The minimum absolute atomic E-state index is 0.132. The van der Waals surface area contributed by atoms with E-state index in [4.69, 9.17) is 9.72 Å². The molecular weight excluding hydrogens is 420 g/mol. The second kappa shape index (κ2) is 9.55. The average molecular weight is 449 g/mol. The predicted octanol–water partition coefficient (Wildman–Crippen LogP) is 1.41. The minimum atomic E-state index is -0.174. The first-order chi connectivity index (χ1) is 16.2. The van der Waals surface area contributed by atoms with Gasteiger partial charge in [0.2, 0.25) is 5.95 Å². The Bertz CT molecular complexity index is 1160. The minimum Gasteiger partial charge on any atom is -0.378 e. The zero-order valence-corrected chi connectivity index (χ0v) is 18.6. The number of nitrogens with one attached hydrogen (secondary N) is 3. The first kappa shape index (κ1) is 21.4. The van der Waals surface area contributed by atoms with Crippen LogP contribution in [0, 0.1) is 6.92 Å². The van der Waals surface area contributed by atoms with E-state index < -0.39 is 0 Å². The van der Waals surface area contributed by atoms with Gasteiger partial charge in [-0.2, -0.15) is 10.1 Å². The van der Waals surface area contributed by atoms with Gasteiger partial charge in [0.25, 0.3) is 5.91 Å². The fraction of sp³-hybridized carbons (Fsp3) is 0.391. The number of morpholine rings is 1. The van der Waals surface area contributed by atoms with Crippen LogP contribution in [0.15, 0.2) is 41.6 Å². The van der Waals surface area contributed by atoms with Gasteiger partial charge in [0.15, 0.2) is 5.82 Å². The van der Waals surface area contributed by atoms with Crippen LogP contribution in [0.1, 0.15) is 28.0 Å². The Labute approximate surface area is 192 Å². The van der Waals surface area contributed by atoms with Crippen LogP contribution in [0.25, 0.3) is 5.65 Å². The molecule has 10 nitrogen and oxygen atoms in total. The SMILES string of the molecule is Cc1cccc(/C=N/Nc2cc3nc(C(=O)NC4CCNC4)cn3c(N3CCOCC3)n2)c1. The summed E-state index contributed by atoms with van der Waals surface area (Å²) >= 11 is 0. The zero-order chi connectivity index (χ0) is 22.6. The third-order valence-corrected chi connectivity index (χ3v) is 5.79. The van der Waals surface area contributed by atoms with Crippen molar-refractivity contribution in [3.8, 4) is 0 Å². The summed E-state index contributed by atoms with van der Waals surface area (Å²) < 4.78 is 7.36. The molecule has 2 aromatic heterocycles. The van der Waals surface area contributed by atoms with Crippen molar-refractivity contribution in [2.75, 3.05) is 49.7 Å². The number of aryl methyl sites for hydroxylation is 1. The molecular formula is C23H28N8O2. The maximum absolute atomic E-state index is 12.8. The molecule has 3 N–H and O–H groups in total. The summed E-state index contributed by atoms with van der Waals surface area (Å²) in [5, 5.41) is 10.7. The number of carbonyl (C=O) groups excluding carboxylic acids is 1. The molecule has 0 saturated carbocycles. The monoisotopic (exact) mass is 448 g/mol. The molecule has 5 rings (SSSR count). The summed E-state index contributed by atoms with van der Waals surface area (Å²) in [7, 11) is 0. The van der Waals surface area contributed by atoms with Gasteiger partial charge in [0, 0.05) is 37.9 Å². The normalized spacial score (nSPS) is 18.8. The third-order valence-electron chi connectivity index (χ3n) is 5.79. The number of imidazole rings is 1. The molecule has 33 heavy (non-hydrogen) atoms. The topological polar surface area (TPSA) is 108 Å². The van der Waals surface area contributed by atoms with Crippen molar-refractivity contribution in [1.29, 1.82) is 0 Å². The van der Waals surface area contributed by atoms with E-state index in [9.17, 15) is 4.79 Å². The predicted molar refractivity (Wildman–Crippen MR) is 127 cm³/mol. The van der Waals surface area contributed by atoms with Crippen LogP contribution in [0.3, 0.4) is 0 Å². The van der Waals surface area contributed by atoms with E-state index in [0.29, 0.717) is 49.4 Å². The lowest BCUT2D eigenvalue weighted by Crippen LogP contribution is -2.38. The van der Waals surface area contributed by atoms with Gasteiger partial charge < -0.3 is 20.3 Å². The maximum Gasteiger partial charge on any atom is 0.271 e. The fourth-order valence-corrected chi connectivity index (χ4v) is 4.09. The summed E-state index contributed by atoms with van der Waals surface area (Å²) in [6.45, 7) is 6.43. The number of hydrogen-bond donors (Lipinski definition) is 3. The number of fused-ring (bicyclic) bond motifs is 1. The number of rotatable bonds is 6. The summed E-state index contributed by atoms with van der Waals surface area (Å²) in [5.41, 5.74) is 6.20. The summed E-state index contributed by atoms with van der Waals surface area (Å²) in [6.07, 6.45) is 4.44. The zero-order valence-electron chi connectivity index (χ0n) is 18.6. The van der Waals surface area contributed by atoms with E-state index in [2.05, 4.69) is 37.1 Å². The standard InChI is InChI=1S/C23H28N8O2/c1-16-3-2-4-17(11-16)13-25-29-20-12-21-27-19(22(32)26-18-5-6-24-14-18)15-31(21)23(28-20)30-7-9-33-10-8-30/h2-4,11-13,15,18,24,29H,5-10,14H2,1H3,(H,26,32)/b25-13+. The Hall–Kier alpha value is -3.50. The van der Waals surface area contributed by atoms with Gasteiger partial charge in [-0.15, -0.1) is 0 Å².